The molecule has 0 spiro atoms. The van der Waals surface area contributed by atoms with Crippen molar-refractivity contribution in [2.75, 3.05) is 0 Å². The van der Waals surface area contributed by atoms with Crippen LogP contribution in [0.3, 0.4) is 0 Å². The molecule has 1 heterocycles. The largest absolute Gasteiger partial charge is 0.452 e. The van der Waals surface area contributed by atoms with Gasteiger partial charge in [0.05, 0.1) is 0 Å². The Morgan fingerprint density at radius 1 is 0.588 bits per heavy atom. The van der Waals surface area contributed by atoms with Crippen LogP contribution in [0.15, 0.2) is 24.3 Å². The highest BCUT2D eigenvalue weighted by Crippen LogP contribution is 2.51. The minimum absolute atomic E-state index is 0.0189. The van der Waals surface area contributed by atoms with Crippen LogP contribution in [0.25, 0.3) is 0 Å². The van der Waals surface area contributed by atoms with Crippen LogP contribution in [-0.4, -0.2) is 28.0 Å². The van der Waals surface area contributed by atoms with Crippen LogP contribution in [0.1, 0.15) is 195 Å². The molecule has 1 aliphatic carbocycles. The van der Waals surface area contributed by atoms with Gasteiger partial charge in [-0.25, -0.2) is 0 Å². The van der Waals surface area contributed by atoms with Crippen molar-refractivity contribution in [1.29, 1.82) is 0 Å². The Morgan fingerprint density at radius 3 is 1.22 bits per heavy atom. The molecule has 4 heteroatoms. The van der Waals surface area contributed by atoms with E-state index in [1.54, 1.807) is 0 Å². The first-order chi connectivity index (χ1) is 23.6. The molecule has 2 aromatic rings. The van der Waals surface area contributed by atoms with E-state index in [1.165, 1.54) is 71.9 Å². The van der Waals surface area contributed by atoms with Gasteiger partial charge < -0.3 is 9.47 Å². The van der Waals surface area contributed by atoms with Crippen LogP contribution in [0.5, 0.6) is 11.5 Å². The summed E-state index contributed by atoms with van der Waals surface area (Å²) in [5.74, 6) is 13.2. The number of hydrogen-bond acceptors (Lipinski definition) is 2. The Bertz CT molecular complexity index is 1440. The van der Waals surface area contributed by atoms with Crippen molar-refractivity contribution in [3.05, 3.63) is 57.6 Å². The Morgan fingerprint density at radius 2 is 0.922 bits per heavy atom. The van der Waals surface area contributed by atoms with Gasteiger partial charge in [0.15, 0.2) is 0 Å². The molecule has 0 radical (unpaired) electrons. The monoisotopic (exact) mass is 737 g/mol. The summed E-state index contributed by atoms with van der Waals surface area (Å²) in [7, 11) is -0.149. The lowest BCUT2D eigenvalue weighted by Gasteiger charge is -2.39. The van der Waals surface area contributed by atoms with Crippen LogP contribution >= 0.6 is 21.0 Å². The second kappa shape index (κ2) is 16.1. The fraction of sp³-hybridized carbons (Fsp3) is 0.702. The van der Waals surface area contributed by atoms with Crippen molar-refractivity contribution in [2.24, 2.45) is 0 Å². The molecule has 0 saturated heterocycles. The highest BCUT2D eigenvalue weighted by molar-refractivity contribution is 8.17. The predicted molar refractivity (Wildman–Crippen MR) is 234 cm³/mol. The molecule has 4 rings (SSSR count). The molecule has 2 nitrogen and oxygen atoms in total. The molecule has 0 bridgehead atoms. The number of benzene rings is 2. The average Bonchev–Trinajstić information content (AvgIpc) is 3.03. The first kappa shape index (κ1) is 42.2. The third kappa shape index (κ3) is 9.41. The van der Waals surface area contributed by atoms with Crippen LogP contribution in [0.2, 0.25) is 0 Å². The van der Waals surface area contributed by atoms with Crippen molar-refractivity contribution in [3.63, 3.8) is 0 Å². The highest BCUT2D eigenvalue weighted by atomic mass is 32.2. The maximum Gasteiger partial charge on any atom is 0.245 e. The quantitative estimate of drug-likeness (QED) is 0.275. The predicted octanol–water partition coefficient (Wildman–Crippen LogP) is 14.1. The summed E-state index contributed by atoms with van der Waals surface area (Å²) in [4.78, 5) is 0. The fourth-order valence-corrected chi connectivity index (χ4v) is 12.9. The summed E-state index contributed by atoms with van der Waals surface area (Å²) in [6, 6.07) is 9.92. The van der Waals surface area contributed by atoms with Crippen LogP contribution in [0, 0.1) is 0 Å². The molecule has 4 unspecified atom stereocenters. The van der Waals surface area contributed by atoms with Gasteiger partial charge in [-0.3, -0.25) is 0 Å². The lowest BCUT2D eigenvalue weighted by molar-refractivity contribution is -0.0840. The molecular formula is C47H76O2S2. The lowest BCUT2D eigenvalue weighted by atomic mass is 9.74. The van der Waals surface area contributed by atoms with Crippen molar-refractivity contribution < 1.29 is 9.47 Å². The standard InChI is InChI=1S/C47H76O2S2/c1-17-46(13,18-2)37-29-35(43(5,6)7)27-33-31-50(15)39-25-23-21-22-24-26-40(39)51(16)32-34-28-36(44(8,9)10)30-38(47(14,19-3)20-4)42(34)49-45(11,12)48-41(33)37/h27-30,39-40H,15-26,31-32H2,1-14H3. The molecule has 288 valence electrons. The highest BCUT2D eigenvalue weighted by Gasteiger charge is 2.38. The van der Waals surface area contributed by atoms with Gasteiger partial charge in [0.2, 0.25) is 5.79 Å². The molecule has 2 aliphatic rings. The van der Waals surface area contributed by atoms with Crippen LogP contribution < -0.4 is 9.47 Å². The van der Waals surface area contributed by atoms with Crippen LogP contribution in [-0.2, 0) is 33.2 Å². The zero-order valence-electron chi connectivity index (χ0n) is 35.5. The van der Waals surface area contributed by atoms with Crippen molar-refractivity contribution >= 4 is 32.7 Å². The Kier molecular flexibility index (Phi) is 13.3. The summed E-state index contributed by atoms with van der Waals surface area (Å²) in [5, 5.41) is 1.12. The first-order valence-electron chi connectivity index (χ1n) is 20.4. The number of rotatable bonds is 6. The van der Waals surface area contributed by atoms with E-state index in [0.717, 1.165) is 48.7 Å². The molecule has 1 fully saturated rings. The normalized spacial score (nSPS) is 23.8. The Hall–Kier alpha value is -1.52. The van der Waals surface area contributed by atoms with E-state index >= 15 is 0 Å². The number of fused-ring (bicyclic) bond motifs is 3. The molecule has 51 heavy (non-hydrogen) atoms. The molecule has 0 N–H and O–H groups in total. The minimum atomic E-state index is -0.903. The van der Waals surface area contributed by atoms with E-state index in [-0.39, 0.29) is 42.6 Å². The molecule has 2 aromatic carbocycles. The van der Waals surface area contributed by atoms with E-state index < -0.39 is 5.79 Å². The molecule has 0 amide bonds. The smallest absolute Gasteiger partial charge is 0.245 e. The maximum absolute atomic E-state index is 7.43. The van der Waals surface area contributed by atoms with E-state index in [9.17, 15) is 0 Å². The van der Waals surface area contributed by atoms with Gasteiger partial charge in [-0.05, 0) is 71.3 Å². The summed E-state index contributed by atoms with van der Waals surface area (Å²) in [6.07, 6.45) is 12.0. The van der Waals surface area contributed by atoms with Gasteiger partial charge >= 0.3 is 0 Å². The summed E-state index contributed by atoms with van der Waals surface area (Å²) < 4.78 is 14.9. The SMILES string of the molecule is C=S1Cc2cc(C(C)(C)C)cc(C(C)(CC)CC)c2OC(C)(C)Oc2c(cc(C(C)(C)C)cc2C(C)(CC)CC)CS(=C)C2CCCCCCC21. The molecule has 1 aliphatic heterocycles. The van der Waals surface area contributed by atoms with Gasteiger partial charge in [-0.2, -0.15) is 21.0 Å². The van der Waals surface area contributed by atoms with Crippen molar-refractivity contribution in [3.8, 4) is 11.5 Å². The number of hydrogen-bond donors (Lipinski definition) is 0. The van der Waals surface area contributed by atoms with Gasteiger partial charge in [0.25, 0.3) is 0 Å². The van der Waals surface area contributed by atoms with Crippen molar-refractivity contribution in [1.82, 2.24) is 0 Å². The van der Waals surface area contributed by atoms with E-state index in [4.69, 9.17) is 21.2 Å². The Balaban J connectivity index is 2.12. The molecule has 0 aromatic heterocycles. The third-order valence-corrected chi connectivity index (χ3v) is 17.2. The van der Waals surface area contributed by atoms with E-state index in [1.807, 2.05) is 0 Å². The third-order valence-electron chi connectivity index (χ3n) is 12.9. The molecule has 1 saturated carbocycles. The fourth-order valence-electron chi connectivity index (χ4n) is 8.16. The topological polar surface area (TPSA) is 18.5 Å². The summed E-state index contributed by atoms with van der Waals surface area (Å²) in [5.41, 5.74) is 8.08. The minimum Gasteiger partial charge on any atom is -0.452 e. The molecular weight excluding hydrogens is 661 g/mol. The van der Waals surface area contributed by atoms with E-state index in [0.29, 0.717) is 10.5 Å². The second-order valence-electron chi connectivity index (χ2n) is 19.1. The summed E-state index contributed by atoms with van der Waals surface area (Å²) in [6.45, 7) is 32.7. The zero-order valence-corrected chi connectivity index (χ0v) is 37.1. The summed E-state index contributed by atoms with van der Waals surface area (Å²) >= 11 is 0. The van der Waals surface area contributed by atoms with Gasteiger partial charge in [-0.1, -0.05) is 145 Å². The van der Waals surface area contributed by atoms with Crippen LogP contribution in [0.4, 0.5) is 0 Å². The van der Waals surface area contributed by atoms with Gasteiger partial charge in [0.1, 0.15) is 11.5 Å². The average molecular weight is 737 g/mol. The molecule has 4 atom stereocenters. The zero-order chi connectivity index (χ0) is 38.2. The number of ether oxygens (including phenoxy) is 2. The second-order valence-corrected chi connectivity index (χ2v) is 23.0. The van der Waals surface area contributed by atoms with Gasteiger partial charge in [-0.15, -0.1) is 0 Å². The van der Waals surface area contributed by atoms with E-state index in [2.05, 4.69) is 121 Å². The maximum atomic E-state index is 7.43. The van der Waals surface area contributed by atoms with Gasteiger partial charge in [0, 0.05) is 58.1 Å². The Labute approximate surface area is 320 Å². The first-order valence-corrected chi connectivity index (χ1v) is 23.6. The lowest BCUT2D eigenvalue weighted by Crippen LogP contribution is -2.38. The van der Waals surface area contributed by atoms with Crippen molar-refractivity contribution in [2.45, 2.75) is 211 Å².